The molecule has 2 aromatic carbocycles. The molecule has 0 fully saturated rings. The van der Waals surface area contributed by atoms with E-state index in [1.165, 1.54) is 4.90 Å². The Morgan fingerprint density at radius 2 is 1.96 bits per heavy atom. The summed E-state index contributed by atoms with van der Waals surface area (Å²) in [5.74, 6) is -0.317. The second-order valence-electron chi connectivity index (χ2n) is 6.29. The fourth-order valence-electron chi connectivity index (χ4n) is 2.84. The maximum Gasteiger partial charge on any atom is 0.243 e. The van der Waals surface area contributed by atoms with Crippen LogP contribution in [0.2, 0.25) is 0 Å². The molecule has 5 nitrogen and oxygen atoms in total. The van der Waals surface area contributed by atoms with Crippen LogP contribution in [-0.2, 0) is 16.0 Å². The van der Waals surface area contributed by atoms with Gasteiger partial charge in [-0.15, -0.1) is 0 Å². The smallest absolute Gasteiger partial charge is 0.243 e. The zero-order valence-electron chi connectivity index (χ0n) is 14.7. The summed E-state index contributed by atoms with van der Waals surface area (Å²) in [4.78, 5) is 29.3. The van der Waals surface area contributed by atoms with E-state index in [1.807, 2.05) is 55.6 Å². The largest absolute Gasteiger partial charge is 0.361 e. The average molecular weight is 414 g/mol. The van der Waals surface area contributed by atoms with Crippen molar-refractivity contribution in [1.29, 1.82) is 0 Å². The Bertz CT molecular complexity index is 965. The predicted molar refractivity (Wildman–Crippen MR) is 107 cm³/mol. The number of halogens is 1. The summed E-state index contributed by atoms with van der Waals surface area (Å²) in [6, 6.07) is 13.5. The lowest BCUT2D eigenvalue weighted by molar-refractivity contribution is -0.132. The van der Waals surface area contributed by atoms with Gasteiger partial charge in [-0.2, -0.15) is 0 Å². The SMILES string of the molecule is Cc1cc(Br)ccc1NC(=O)CN(C)C(=O)Cc1c[nH]c2ccccc12. The third-order valence-corrected chi connectivity index (χ3v) is 4.78. The fourth-order valence-corrected chi connectivity index (χ4v) is 3.31. The molecular weight excluding hydrogens is 394 g/mol. The van der Waals surface area contributed by atoms with E-state index in [4.69, 9.17) is 0 Å². The summed E-state index contributed by atoms with van der Waals surface area (Å²) in [7, 11) is 1.64. The molecule has 1 aromatic heterocycles. The Morgan fingerprint density at radius 3 is 2.73 bits per heavy atom. The van der Waals surface area contributed by atoms with Crippen LogP contribution in [0.4, 0.5) is 5.69 Å². The van der Waals surface area contributed by atoms with Gasteiger partial charge in [0.15, 0.2) is 0 Å². The van der Waals surface area contributed by atoms with Gasteiger partial charge in [0, 0.05) is 34.3 Å². The minimum Gasteiger partial charge on any atom is -0.361 e. The van der Waals surface area contributed by atoms with E-state index >= 15 is 0 Å². The standard InChI is InChI=1S/C20H20BrN3O2/c1-13-9-15(21)7-8-17(13)23-19(25)12-24(2)20(26)10-14-11-22-18-6-4-3-5-16(14)18/h3-9,11,22H,10,12H2,1-2H3,(H,23,25). The van der Waals surface area contributed by atoms with Gasteiger partial charge >= 0.3 is 0 Å². The number of rotatable bonds is 5. The van der Waals surface area contributed by atoms with Crippen LogP contribution in [0.5, 0.6) is 0 Å². The second-order valence-corrected chi connectivity index (χ2v) is 7.21. The number of carbonyl (C=O) groups excluding carboxylic acids is 2. The first-order valence-corrected chi connectivity index (χ1v) is 9.08. The van der Waals surface area contributed by atoms with Crippen molar-refractivity contribution in [1.82, 2.24) is 9.88 Å². The van der Waals surface area contributed by atoms with Crippen LogP contribution in [0.15, 0.2) is 53.1 Å². The van der Waals surface area contributed by atoms with Crippen LogP contribution in [0, 0.1) is 6.92 Å². The molecule has 1 heterocycles. The summed E-state index contributed by atoms with van der Waals surface area (Å²) in [6.45, 7) is 1.93. The zero-order chi connectivity index (χ0) is 18.7. The van der Waals surface area contributed by atoms with Gasteiger partial charge < -0.3 is 15.2 Å². The molecule has 134 valence electrons. The van der Waals surface area contributed by atoms with Crippen molar-refractivity contribution in [3.8, 4) is 0 Å². The third-order valence-electron chi connectivity index (χ3n) is 4.29. The molecule has 26 heavy (non-hydrogen) atoms. The third kappa shape index (κ3) is 4.14. The summed E-state index contributed by atoms with van der Waals surface area (Å²) in [5.41, 5.74) is 3.64. The molecule has 3 aromatic rings. The number of hydrogen-bond acceptors (Lipinski definition) is 2. The molecule has 0 unspecified atom stereocenters. The van der Waals surface area contributed by atoms with Crippen LogP contribution in [0.1, 0.15) is 11.1 Å². The van der Waals surface area contributed by atoms with Crippen molar-refractivity contribution in [2.24, 2.45) is 0 Å². The molecule has 0 bridgehead atoms. The Balaban J connectivity index is 1.61. The maximum atomic E-state index is 12.5. The number of aryl methyl sites for hydroxylation is 1. The summed E-state index contributed by atoms with van der Waals surface area (Å²) in [6.07, 6.45) is 2.10. The molecule has 0 spiro atoms. The number of aromatic amines is 1. The lowest BCUT2D eigenvalue weighted by atomic mass is 10.1. The first kappa shape index (κ1) is 18.2. The lowest BCUT2D eigenvalue weighted by Crippen LogP contribution is -2.35. The number of anilines is 1. The Hall–Kier alpha value is -2.60. The van der Waals surface area contributed by atoms with Crippen LogP contribution in [-0.4, -0.2) is 35.3 Å². The minimum absolute atomic E-state index is 0.0106. The molecule has 2 N–H and O–H groups in total. The fraction of sp³-hybridized carbons (Fsp3) is 0.200. The monoisotopic (exact) mass is 413 g/mol. The van der Waals surface area contributed by atoms with Gasteiger partial charge in [0.2, 0.25) is 11.8 Å². The number of carbonyl (C=O) groups is 2. The Morgan fingerprint density at radius 1 is 1.19 bits per heavy atom. The highest BCUT2D eigenvalue weighted by Gasteiger charge is 2.16. The number of nitrogens with zero attached hydrogens (tertiary/aromatic N) is 1. The number of likely N-dealkylation sites (N-methyl/N-ethyl adjacent to an activating group) is 1. The summed E-state index contributed by atoms with van der Waals surface area (Å²) in [5, 5.41) is 3.88. The Labute approximate surface area is 160 Å². The van der Waals surface area contributed by atoms with Crippen molar-refractivity contribution in [2.75, 3.05) is 18.9 Å². The van der Waals surface area contributed by atoms with E-state index in [1.54, 1.807) is 7.05 Å². The summed E-state index contributed by atoms with van der Waals surface area (Å²) < 4.78 is 0.957. The Kier molecular flexibility index (Phi) is 5.42. The van der Waals surface area contributed by atoms with Crippen molar-refractivity contribution in [3.63, 3.8) is 0 Å². The van der Waals surface area contributed by atoms with Gasteiger partial charge in [-0.05, 0) is 42.3 Å². The topological polar surface area (TPSA) is 65.2 Å². The first-order chi connectivity index (χ1) is 12.4. The van der Waals surface area contributed by atoms with Crippen molar-refractivity contribution >= 4 is 44.3 Å². The van der Waals surface area contributed by atoms with Gasteiger partial charge in [0.05, 0.1) is 13.0 Å². The number of para-hydroxylation sites is 1. The van der Waals surface area contributed by atoms with E-state index in [0.717, 1.165) is 32.2 Å². The number of aromatic nitrogens is 1. The van der Waals surface area contributed by atoms with Gasteiger partial charge in [0.1, 0.15) is 0 Å². The molecule has 3 rings (SSSR count). The van der Waals surface area contributed by atoms with E-state index in [2.05, 4.69) is 26.2 Å². The molecule has 0 aliphatic carbocycles. The average Bonchev–Trinajstić information content (AvgIpc) is 3.00. The molecular formula is C20H20BrN3O2. The van der Waals surface area contributed by atoms with E-state index in [0.29, 0.717) is 0 Å². The molecule has 0 aliphatic rings. The van der Waals surface area contributed by atoms with E-state index in [-0.39, 0.29) is 24.8 Å². The highest BCUT2D eigenvalue weighted by Crippen LogP contribution is 2.20. The van der Waals surface area contributed by atoms with Crippen molar-refractivity contribution in [3.05, 3.63) is 64.3 Å². The van der Waals surface area contributed by atoms with Crippen LogP contribution < -0.4 is 5.32 Å². The molecule has 6 heteroatoms. The minimum atomic E-state index is -0.217. The van der Waals surface area contributed by atoms with Crippen LogP contribution in [0.3, 0.4) is 0 Å². The van der Waals surface area contributed by atoms with Crippen LogP contribution >= 0.6 is 15.9 Å². The quantitative estimate of drug-likeness (QED) is 0.666. The van der Waals surface area contributed by atoms with Gasteiger partial charge in [-0.1, -0.05) is 34.1 Å². The number of benzene rings is 2. The van der Waals surface area contributed by atoms with Crippen molar-refractivity contribution in [2.45, 2.75) is 13.3 Å². The van der Waals surface area contributed by atoms with E-state index in [9.17, 15) is 9.59 Å². The highest BCUT2D eigenvalue weighted by molar-refractivity contribution is 9.10. The number of fused-ring (bicyclic) bond motifs is 1. The van der Waals surface area contributed by atoms with Gasteiger partial charge in [0.25, 0.3) is 0 Å². The predicted octanol–water partition coefficient (Wildman–Crippen LogP) is 3.88. The summed E-state index contributed by atoms with van der Waals surface area (Å²) >= 11 is 3.40. The molecule has 0 saturated heterocycles. The molecule has 0 radical (unpaired) electrons. The van der Waals surface area contributed by atoms with Gasteiger partial charge in [-0.25, -0.2) is 0 Å². The maximum absolute atomic E-state index is 12.5. The van der Waals surface area contributed by atoms with Crippen molar-refractivity contribution < 1.29 is 9.59 Å². The number of nitrogens with one attached hydrogen (secondary N) is 2. The normalized spacial score (nSPS) is 10.7. The first-order valence-electron chi connectivity index (χ1n) is 8.29. The zero-order valence-corrected chi connectivity index (χ0v) is 16.3. The van der Waals surface area contributed by atoms with Gasteiger partial charge in [-0.3, -0.25) is 9.59 Å². The molecule has 0 saturated carbocycles. The number of hydrogen-bond donors (Lipinski definition) is 2. The van der Waals surface area contributed by atoms with E-state index < -0.39 is 0 Å². The lowest BCUT2D eigenvalue weighted by Gasteiger charge is -2.17. The molecule has 0 atom stereocenters. The molecule has 0 aliphatic heterocycles. The second kappa shape index (κ2) is 7.74. The van der Waals surface area contributed by atoms with Crippen LogP contribution in [0.25, 0.3) is 10.9 Å². The highest BCUT2D eigenvalue weighted by atomic mass is 79.9. The number of H-pyrrole nitrogens is 1. The number of amides is 2. The molecule has 2 amide bonds.